The van der Waals surface area contributed by atoms with Gasteiger partial charge in [0.2, 0.25) is 0 Å². The molecule has 1 fully saturated rings. The third kappa shape index (κ3) is 1.76. The largest absolute Gasteiger partial charge is 0.481 e. The Morgan fingerprint density at radius 3 is 2.73 bits per heavy atom. The van der Waals surface area contributed by atoms with Gasteiger partial charge in [-0.2, -0.15) is 0 Å². The summed E-state index contributed by atoms with van der Waals surface area (Å²) >= 11 is 0. The first kappa shape index (κ1) is 10.2. The molecule has 4 nitrogen and oxygen atoms in total. The van der Waals surface area contributed by atoms with E-state index in [4.69, 9.17) is 5.11 Å². The summed E-state index contributed by atoms with van der Waals surface area (Å²) in [5.74, 6) is 0.197. The Labute approximate surface area is 88.9 Å². The molecular weight excluding hydrogens is 192 g/mol. The fourth-order valence-electron chi connectivity index (χ4n) is 2.70. The molecule has 0 spiro atoms. The minimum absolute atomic E-state index is 0.212. The minimum Gasteiger partial charge on any atom is -0.481 e. The second-order valence-electron chi connectivity index (χ2n) is 4.35. The van der Waals surface area contributed by atoms with Crippen LogP contribution in [0.3, 0.4) is 0 Å². The maximum Gasteiger partial charge on any atom is 0.305 e. The van der Waals surface area contributed by atoms with Gasteiger partial charge in [0.25, 0.3) is 0 Å². The Morgan fingerprint density at radius 2 is 2.27 bits per heavy atom. The lowest BCUT2D eigenvalue weighted by Gasteiger charge is -2.30. The summed E-state index contributed by atoms with van der Waals surface area (Å²) in [7, 11) is 0. The number of aryl methyl sites for hydroxylation is 1. The van der Waals surface area contributed by atoms with Crippen LogP contribution in [0.2, 0.25) is 0 Å². The molecule has 4 heteroatoms. The van der Waals surface area contributed by atoms with Gasteiger partial charge in [-0.3, -0.25) is 4.79 Å². The van der Waals surface area contributed by atoms with Crippen LogP contribution in [0.5, 0.6) is 0 Å². The summed E-state index contributed by atoms with van der Waals surface area (Å²) in [6.45, 7) is 1.93. The first-order valence-corrected chi connectivity index (χ1v) is 5.36. The van der Waals surface area contributed by atoms with E-state index in [2.05, 4.69) is 4.98 Å². The first-order valence-electron chi connectivity index (χ1n) is 5.36. The molecule has 0 unspecified atom stereocenters. The monoisotopic (exact) mass is 208 g/mol. The highest BCUT2D eigenvalue weighted by atomic mass is 16.4. The van der Waals surface area contributed by atoms with Gasteiger partial charge in [-0.25, -0.2) is 4.98 Å². The molecule has 15 heavy (non-hydrogen) atoms. The van der Waals surface area contributed by atoms with Crippen molar-refractivity contribution in [2.45, 2.75) is 44.6 Å². The van der Waals surface area contributed by atoms with Gasteiger partial charge < -0.3 is 9.67 Å². The molecule has 0 radical (unpaired) electrons. The van der Waals surface area contributed by atoms with Crippen molar-refractivity contribution in [2.75, 3.05) is 0 Å². The lowest BCUT2D eigenvalue weighted by molar-refractivity contribution is -0.139. The number of rotatable bonds is 3. The third-order valence-electron chi connectivity index (χ3n) is 3.35. The molecule has 1 saturated carbocycles. The van der Waals surface area contributed by atoms with Gasteiger partial charge in [0.1, 0.15) is 5.82 Å². The van der Waals surface area contributed by atoms with Gasteiger partial charge >= 0.3 is 5.97 Å². The van der Waals surface area contributed by atoms with Gasteiger partial charge in [-0.1, -0.05) is 12.8 Å². The fourth-order valence-corrected chi connectivity index (χ4v) is 2.70. The van der Waals surface area contributed by atoms with E-state index in [0.29, 0.717) is 0 Å². The first-order chi connectivity index (χ1) is 7.14. The second-order valence-corrected chi connectivity index (χ2v) is 4.35. The van der Waals surface area contributed by atoms with Crippen LogP contribution in [0.4, 0.5) is 0 Å². The SMILES string of the molecule is Cc1nccn1C1(CC(=O)O)CCCC1. The molecule has 0 aliphatic heterocycles. The molecular formula is C11H16N2O2. The number of hydrogen-bond donors (Lipinski definition) is 1. The number of aliphatic carboxylic acids is 1. The van der Waals surface area contributed by atoms with Crippen LogP contribution in [-0.2, 0) is 10.3 Å². The van der Waals surface area contributed by atoms with Crippen molar-refractivity contribution in [2.24, 2.45) is 0 Å². The van der Waals surface area contributed by atoms with Crippen LogP contribution in [0.1, 0.15) is 37.9 Å². The van der Waals surface area contributed by atoms with Gasteiger partial charge in [-0.15, -0.1) is 0 Å². The predicted octanol–water partition coefficient (Wildman–Crippen LogP) is 1.94. The predicted molar refractivity (Wildman–Crippen MR) is 55.7 cm³/mol. The summed E-state index contributed by atoms with van der Waals surface area (Å²) in [5, 5.41) is 9.00. The molecule has 0 saturated heterocycles. The number of carboxylic acid groups (broad SMARTS) is 1. The molecule has 2 rings (SSSR count). The maximum absolute atomic E-state index is 10.9. The van der Waals surface area contributed by atoms with Crippen molar-refractivity contribution in [3.63, 3.8) is 0 Å². The molecule has 1 heterocycles. The van der Waals surface area contributed by atoms with Gasteiger partial charge in [0, 0.05) is 12.4 Å². The zero-order chi connectivity index (χ0) is 10.9. The number of hydrogen-bond acceptors (Lipinski definition) is 2. The molecule has 82 valence electrons. The van der Waals surface area contributed by atoms with Gasteiger partial charge in [0.05, 0.1) is 12.0 Å². The standard InChI is InChI=1S/C11H16N2O2/c1-9-12-6-7-13(9)11(8-10(14)15)4-2-3-5-11/h6-7H,2-5,8H2,1H3,(H,14,15). The maximum atomic E-state index is 10.9. The van der Waals surface area contributed by atoms with Crippen LogP contribution in [0, 0.1) is 6.92 Å². The summed E-state index contributed by atoms with van der Waals surface area (Å²) in [5.41, 5.74) is -0.216. The van der Waals surface area contributed by atoms with E-state index in [9.17, 15) is 4.79 Å². The topological polar surface area (TPSA) is 55.1 Å². The number of nitrogens with zero attached hydrogens (tertiary/aromatic N) is 2. The number of aromatic nitrogens is 2. The Balaban J connectivity index is 2.34. The number of carboxylic acids is 1. The second kappa shape index (κ2) is 3.68. The zero-order valence-corrected chi connectivity index (χ0v) is 8.94. The quantitative estimate of drug-likeness (QED) is 0.825. The summed E-state index contributed by atoms with van der Waals surface area (Å²) < 4.78 is 2.05. The van der Waals surface area contributed by atoms with Gasteiger partial charge in [0.15, 0.2) is 0 Å². The van der Waals surface area contributed by atoms with Crippen molar-refractivity contribution in [3.8, 4) is 0 Å². The van der Waals surface area contributed by atoms with Crippen molar-refractivity contribution in [3.05, 3.63) is 18.2 Å². The lowest BCUT2D eigenvalue weighted by atomic mass is 9.92. The van der Waals surface area contributed by atoms with E-state index >= 15 is 0 Å². The van der Waals surface area contributed by atoms with Crippen molar-refractivity contribution < 1.29 is 9.90 Å². The van der Waals surface area contributed by atoms with Crippen molar-refractivity contribution in [1.82, 2.24) is 9.55 Å². The Bertz CT molecular complexity index is 364. The smallest absolute Gasteiger partial charge is 0.305 e. The molecule has 0 amide bonds. The summed E-state index contributed by atoms with van der Waals surface area (Å²) in [6.07, 6.45) is 8.01. The summed E-state index contributed by atoms with van der Waals surface area (Å²) in [6, 6.07) is 0. The molecule has 1 N–H and O–H groups in total. The third-order valence-corrected chi connectivity index (χ3v) is 3.35. The molecule has 0 bridgehead atoms. The van der Waals surface area contributed by atoms with Crippen LogP contribution >= 0.6 is 0 Å². The van der Waals surface area contributed by atoms with E-state index in [1.807, 2.05) is 17.7 Å². The minimum atomic E-state index is -0.718. The van der Waals surface area contributed by atoms with E-state index in [-0.39, 0.29) is 12.0 Å². The van der Waals surface area contributed by atoms with E-state index in [0.717, 1.165) is 31.5 Å². The van der Waals surface area contributed by atoms with Crippen LogP contribution in [-0.4, -0.2) is 20.6 Å². The molecule has 1 aliphatic rings. The van der Waals surface area contributed by atoms with E-state index in [1.54, 1.807) is 6.20 Å². The van der Waals surface area contributed by atoms with E-state index < -0.39 is 5.97 Å². The molecule has 1 aliphatic carbocycles. The Morgan fingerprint density at radius 1 is 1.60 bits per heavy atom. The highest BCUT2D eigenvalue weighted by Crippen LogP contribution is 2.40. The average molecular weight is 208 g/mol. The molecule has 0 atom stereocenters. The zero-order valence-electron chi connectivity index (χ0n) is 8.94. The highest BCUT2D eigenvalue weighted by molar-refractivity contribution is 5.68. The van der Waals surface area contributed by atoms with Crippen molar-refractivity contribution in [1.29, 1.82) is 0 Å². The van der Waals surface area contributed by atoms with Crippen molar-refractivity contribution >= 4 is 5.97 Å². The Hall–Kier alpha value is -1.32. The molecule has 1 aromatic heterocycles. The number of carbonyl (C=O) groups is 1. The Kier molecular flexibility index (Phi) is 2.50. The molecule has 1 aromatic rings. The fraction of sp³-hybridized carbons (Fsp3) is 0.636. The van der Waals surface area contributed by atoms with Crippen LogP contribution in [0.25, 0.3) is 0 Å². The summed E-state index contributed by atoms with van der Waals surface area (Å²) in [4.78, 5) is 15.1. The molecule has 0 aromatic carbocycles. The van der Waals surface area contributed by atoms with Gasteiger partial charge in [-0.05, 0) is 19.8 Å². The lowest BCUT2D eigenvalue weighted by Crippen LogP contribution is -2.33. The normalized spacial score (nSPS) is 19.3. The van der Waals surface area contributed by atoms with Crippen LogP contribution in [0.15, 0.2) is 12.4 Å². The van der Waals surface area contributed by atoms with Crippen LogP contribution < -0.4 is 0 Å². The average Bonchev–Trinajstić information content (AvgIpc) is 2.73. The highest BCUT2D eigenvalue weighted by Gasteiger charge is 2.38. The van der Waals surface area contributed by atoms with E-state index in [1.165, 1.54) is 0 Å². The number of imidazole rings is 1.